The van der Waals surface area contributed by atoms with E-state index in [1.54, 1.807) is 6.26 Å². The second-order valence-electron chi connectivity index (χ2n) is 3.96. The van der Waals surface area contributed by atoms with Gasteiger partial charge in [0.1, 0.15) is 6.26 Å². The van der Waals surface area contributed by atoms with E-state index in [0.717, 1.165) is 24.4 Å². The van der Waals surface area contributed by atoms with Crippen molar-refractivity contribution in [2.75, 3.05) is 6.54 Å². The third kappa shape index (κ3) is 2.31. The first-order valence-electron chi connectivity index (χ1n) is 4.75. The number of aromatic nitrogens is 1. The lowest BCUT2D eigenvalue weighted by atomic mass is 9.90. The van der Waals surface area contributed by atoms with Crippen molar-refractivity contribution in [3.8, 4) is 0 Å². The lowest BCUT2D eigenvalue weighted by Crippen LogP contribution is -2.28. The van der Waals surface area contributed by atoms with Crippen LogP contribution in [0.2, 0.25) is 0 Å². The number of rotatable bonds is 4. The van der Waals surface area contributed by atoms with E-state index in [2.05, 4.69) is 25.8 Å². The number of nitrogens with zero attached hydrogens (tertiary/aromatic N) is 1. The van der Waals surface area contributed by atoms with E-state index in [1.165, 1.54) is 0 Å². The van der Waals surface area contributed by atoms with Crippen molar-refractivity contribution in [1.82, 2.24) is 4.98 Å². The van der Waals surface area contributed by atoms with Gasteiger partial charge in [-0.3, -0.25) is 0 Å². The number of hydrogen-bond donors (Lipinski definition) is 1. The van der Waals surface area contributed by atoms with Crippen LogP contribution < -0.4 is 5.73 Å². The summed E-state index contributed by atoms with van der Waals surface area (Å²) in [5.74, 6) is 0.819. The second kappa shape index (κ2) is 3.92. The van der Waals surface area contributed by atoms with Gasteiger partial charge in [0, 0.05) is 18.4 Å². The highest BCUT2D eigenvalue weighted by atomic mass is 16.3. The molecule has 0 saturated carbocycles. The van der Waals surface area contributed by atoms with E-state index < -0.39 is 0 Å². The van der Waals surface area contributed by atoms with E-state index in [1.807, 2.05) is 0 Å². The van der Waals surface area contributed by atoms with Crippen LogP contribution in [-0.4, -0.2) is 11.5 Å². The van der Waals surface area contributed by atoms with Crippen LogP contribution in [0.15, 0.2) is 10.7 Å². The van der Waals surface area contributed by atoms with Crippen LogP contribution in [-0.2, 0) is 11.8 Å². The monoisotopic (exact) mass is 182 g/mol. The maximum absolute atomic E-state index is 5.64. The summed E-state index contributed by atoms with van der Waals surface area (Å²) < 4.78 is 5.33. The molecule has 0 atom stereocenters. The molecular formula is C10H18N2O. The van der Waals surface area contributed by atoms with Crippen molar-refractivity contribution in [2.24, 2.45) is 5.73 Å². The highest BCUT2D eigenvalue weighted by molar-refractivity contribution is 5.10. The standard InChI is InChI=1S/C10H18N2O/c1-4-5-9-12-8(6-13-9)10(2,3)7-11/h6H,4-5,7,11H2,1-3H3. The van der Waals surface area contributed by atoms with Gasteiger partial charge in [-0.2, -0.15) is 0 Å². The number of nitrogens with two attached hydrogens (primary N) is 1. The molecule has 0 amide bonds. The lowest BCUT2D eigenvalue weighted by molar-refractivity contribution is 0.485. The molecule has 1 heterocycles. The Balaban J connectivity index is 2.79. The van der Waals surface area contributed by atoms with Gasteiger partial charge in [-0.25, -0.2) is 4.98 Å². The molecule has 3 nitrogen and oxygen atoms in total. The third-order valence-corrected chi connectivity index (χ3v) is 2.22. The number of oxazole rings is 1. The van der Waals surface area contributed by atoms with Gasteiger partial charge in [0.25, 0.3) is 0 Å². The van der Waals surface area contributed by atoms with Crippen LogP contribution in [0, 0.1) is 0 Å². The Morgan fingerprint density at radius 2 is 2.23 bits per heavy atom. The van der Waals surface area contributed by atoms with E-state index in [0.29, 0.717) is 6.54 Å². The Bertz CT molecular complexity index is 266. The molecule has 0 saturated heterocycles. The largest absolute Gasteiger partial charge is 0.449 e. The maximum Gasteiger partial charge on any atom is 0.194 e. The van der Waals surface area contributed by atoms with Gasteiger partial charge < -0.3 is 10.2 Å². The van der Waals surface area contributed by atoms with Crippen molar-refractivity contribution >= 4 is 0 Å². The smallest absolute Gasteiger partial charge is 0.194 e. The summed E-state index contributed by atoms with van der Waals surface area (Å²) in [7, 11) is 0. The summed E-state index contributed by atoms with van der Waals surface area (Å²) in [6.45, 7) is 6.84. The second-order valence-corrected chi connectivity index (χ2v) is 3.96. The normalized spacial score (nSPS) is 12.0. The molecule has 2 N–H and O–H groups in total. The molecule has 0 unspecified atom stereocenters. The Hall–Kier alpha value is -0.830. The molecular weight excluding hydrogens is 164 g/mol. The zero-order valence-electron chi connectivity index (χ0n) is 8.63. The highest BCUT2D eigenvalue weighted by Gasteiger charge is 2.22. The van der Waals surface area contributed by atoms with Crippen molar-refractivity contribution < 1.29 is 4.42 Å². The quantitative estimate of drug-likeness (QED) is 0.773. The van der Waals surface area contributed by atoms with Crippen LogP contribution >= 0.6 is 0 Å². The summed E-state index contributed by atoms with van der Waals surface area (Å²) in [5, 5.41) is 0. The molecule has 0 aliphatic heterocycles. The summed E-state index contributed by atoms with van der Waals surface area (Å²) in [6, 6.07) is 0. The molecule has 1 rings (SSSR count). The van der Waals surface area contributed by atoms with Crippen molar-refractivity contribution in [3.63, 3.8) is 0 Å². The van der Waals surface area contributed by atoms with Gasteiger partial charge >= 0.3 is 0 Å². The molecule has 1 aromatic heterocycles. The van der Waals surface area contributed by atoms with E-state index in [9.17, 15) is 0 Å². The van der Waals surface area contributed by atoms with Gasteiger partial charge in [0.15, 0.2) is 5.89 Å². The van der Waals surface area contributed by atoms with Gasteiger partial charge in [-0.05, 0) is 6.42 Å². The van der Waals surface area contributed by atoms with E-state index in [-0.39, 0.29) is 5.41 Å². The van der Waals surface area contributed by atoms with Crippen LogP contribution in [0.4, 0.5) is 0 Å². The molecule has 0 bridgehead atoms. The summed E-state index contributed by atoms with van der Waals surface area (Å²) in [4.78, 5) is 4.40. The van der Waals surface area contributed by atoms with Gasteiger partial charge in [-0.15, -0.1) is 0 Å². The minimum absolute atomic E-state index is 0.0739. The van der Waals surface area contributed by atoms with Crippen molar-refractivity contribution in [3.05, 3.63) is 17.8 Å². The molecule has 1 aromatic rings. The topological polar surface area (TPSA) is 52.0 Å². The van der Waals surface area contributed by atoms with Crippen LogP contribution in [0.5, 0.6) is 0 Å². The fourth-order valence-corrected chi connectivity index (χ4v) is 1.05. The summed E-state index contributed by atoms with van der Waals surface area (Å²) in [6.07, 6.45) is 3.68. The van der Waals surface area contributed by atoms with Gasteiger partial charge in [0.05, 0.1) is 5.69 Å². The van der Waals surface area contributed by atoms with E-state index >= 15 is 0 Å². The first-order chi connectivity index (χ1) is 6.10. The molecule has 0 radical (unpaired) electrons. The zero-order valence-corrected chi connectivity index (χ0v) is 8.63. The van der Waals surface area contributed by atoms with Gasteiger partial charge in [0.2, 0.25) is 0 Å². The first kappa shape index (κ1) is 10.3. The Morgan fingerprint density at radius 3 is 2.77 bits per heavy atom. The minimum Gasteiger partial charge on any atom is -0.449 e. The predicted octanol–water partition coefficient (Wildman–Crippen LogP) is 1.86. The molecule has 0 spiro atoms. The summed E-state index contributed by atoms with van der Waals surface area (Å²) in [5.41, 5.74) is 6.52. The zero-order chi connectivity index (χ0) is 9.90. The fraction of sp³-hybridized carbons (Fsp3) is 0.700. The average molecular weight is 182 g/mol. The fourth-order valence-electron chi connectivity index (χ4n) is 1.05. The Morgan fingerprint density at radius 1 is 1.54 bits per heavy atom. The average Bonchev–Trinajstić information content (AvgIpc) is 2.54. The molecule has 0 aromatic carbocycles. The molecule has 3 heteroatoms. The first-order valence-corrected chi connectivity index (χ1v) is 4.75. The maximum atomic E-state index is 5.64. The molecule has 0 fully saturated rings. The minimum atomic E-state index is -0.0739. The molecule has 0 aliphatic rings. The Labute approximate surface area is 79.3 Å². The predicted molar refractivity (Wildman–Crippen MR) is 52.6 cm³/mol. The SMILES string of the molecule is CCCc1nc(C(C)(C)CN)co1. The Kier molecular flexibility index (Phi) is 3.09. The van der Waals surface area contributed by atoms with E-state index in [4.69, 9.17) is 10.2 Å². The lowest BCUT2D eigenvalue weighted by Gasteiger charge is -2.18. The third-order valence-electron chi connectivity index (χ3n) is 2.22. The molecule has 13 heavy (non-hydrogen) atoms. The van der Waals surface area contributed by atoms with Crippen LogP contribution in [0.3, 0.4) is 0 Å². The summed E-state index contributed by atoms with van der Waals surface area (Å²) >= 11 is 0. The van der Waals surface area contributed by atoms with Crippen molar-refractivity contribution in [1.29, 1.82) is 0 Å². The molecule has 0 aliphatic carbocycles. The molecule has 74 valence electrons. The van der Waals surface area contributed by atoms with Crippen LogP contribution in [0.1, 0.15) is 38.8 Å². The van der Waals surface area contributed by atoms with Crippen molar-refractivity contribution in [2.45, 2.75) is 39.0 Å². The number of aryl methyl sites for hydroxylation is 1. The number of hydrogen-bond acceptors (Lipinski definition) is 3. The highest BCUT2D eigenvalue weighted by Crippen LogP contribution is 2.20. The van der Waals surface area contributed by atoms with Crippen LogP contribution in [0.25, 0.3) is 0 Å². The van der Waals surface area contributed by atoms with Gasteiger partial charge in [-0.1, -0.05) is 20.8 Å².